The van der Waals surface area contributed by atoms with E-state index in [0.717, 1.165) is 40.9 Å². The molecule has 0 amide bonds. The number of rotatable bonds is 4. The number of hydrogen-bond acceptors (Lipinski definition) is 5. The van der Waals surface area contributed by atoms with Crippen molar-refractivity contribution in [3.8, 4) is 10.8 Å². The summed E-state index contributed by atoms with van der Waals surface area (Å²) in [5.74, 6) is 1.64. The minimum atomic E-state index is 0.721. The second kappa shape index (κ2) is 5.23. The maximum atomic E-state index is 4.57. The van der Waals surface area contributed by atoms with Crippen LogP contribution in [0, 0.1) is 6.92 Å². The molecule has 0 aliphatic heterocycles. The molecule has 0 bridgehead atoms. The molecule has 17 heavy (non-hydrogen) atoms. The molecule has 2 aromatic heterocycles. The van der Waals surface area contributed by atoms with E-state index in [1.54, 1.807) is 17.5 Å². The molecule has 0 fully saturated rings. The number of nitrogens with one attached hydrogen (secondary N) is 1. The first-order chi connectivity index (χ1) is 8.26. The second-order valence-corrected chi connectivity index (χ2v) is 4.58. The predicted molar refractivity (Wildman–Crippen MR) is 71.4 cm³/mol. The highest BCUT2D eigenvalue weighted by molar-refractivity contribution is 7.13. The summed E-state index contributed by atoms with van der Waals surface area (Å²) < 4.78 is 0. The van der Waals surface area contributed by atoms with Crippen molar-refractivity contribution in [2.45, 2.75) is 27.2 Å². The van der Waals surface area contributed by atoms with E-state index in [-0.39, 0.29) is 0 Å². The van der Waals surface area contributed by atoms with Gasteiger partial charge in [0.2, 0.25) is 0 Å². The summed E-state index contributed by atoms with van der Waals surface area (Å²) in [5.41, 5.74) is 2.22. The molecule has 0 aromatic carbocycles. The zero-order valence-corrected chi connectivity index (χ0v) is 11.1. The summed E-state index contributed by atoms with van der Waals surface area (Å²) >= 11 is 1.56. The lowest BCUT2D eigenvalue weighted by molar-refractivity contribution is 0.968. The molecule has 0 spiro atoms. The number of hydrogen-bond donors (Lipinski definition) is 1. The molecule has 2 aromatic rings. The van der Waals surface area contributed by atoms with Gasteiger partial charge in [-0.05, 0) is 20.3 Å². The molecule has 2 rings (SSSR count). The van der Waals surface area contributed by atoms with Gasteiger partial charge < -0.3 is 5.32 Å². The van der Waals surface area contributed by atoms with Gasteiger partial charge in [0.05, 0.1) is 0 Å². The van der Waals surface area contributed by atoms with Gasteiger partial charge in [-0.15, -0.1) is 11.3 Å². The van der Waals surface area contributed by atoms with Gasteiger partial charge >= 0.3 is 0 Å². The molecule has 0 aliphatic rings. The Bertz CT molecular complexity index is 493. The summed E-state index contributed by atoms with van der Waals surface area (Å²) in [4.78, 5) is 13.4. The predicted octanol–water partition coefficient (Wildman–Crippen LogP) is 2.90. The Labute approximate surface area is 105 Å². The first kappa shape index (κ1) is 12.0. The van der Waals surface area contributed by atoms with Gasteiger partial charge in [0.1, 0.15) is 5.82 Å². The zero-order chi connectivity index (χ0) is 12.3. The highest BCUT2D eigenvalue weighted by Gasteiger charge is 2.11. The van der Waals surface area contributed by atoms with Crippen molar-refractivity contribution in [2.24, 2.45) is 0 Å². The monoisotopic (exact) mass is 248 g/mol. The van der Waals surface area contributed by atoms with E-state index in [4.69, 9.17) is 0 Å². The molecule has 2 heterocycles. The van der Waals surface area contributed by atoms with Crippen LogP contribution in [0.3, 0.4) is 0 Å². The molecular formula is C12H16N4S. The number of aromatic nitrogens is 3. The lowest BCUT2D eigenvalue weighted by atomic mass is 10.2. The van der Waals surface area contributed by atoms with E-state index in [1.807, 2.05) is 5.38 Å². The molecule has 90 valence electrons. The Morgan fingerprint density at radius 3 is 2.71 bits per heavy atom. The first-order valence-electron chi connectivity index (χ1n) is 5.77. The fourth-order valence-electron chi connectivity index (χ4n) is 1.68. The van der Waals surface area contributed by atoms with Crippen molar-refractivity contribution >= 4 is 17.2 Å². The third kappa shape index (κ3) is 2.44. The first-order valence-corrected chi connectivity index (χ1v) is 6.65. The van der Waals surface area contributed by atoms with E-state index >= 15 is 0 Å². The van der Waals surface area contributed by atoms with E-state index in [0.29, 0.717) is 0 Å². The molecule has 0 radical (unpaired) electrons. The number of thiazole rings is 1. The van der Waals surface area contributed by atoms with E-state index < -0.39 is 0 Å². The van der Waals surface area contributed by atoms with Crippen LogP contribution in [0.15, 0.2) is 11.6 Å². The Kier molecular flexibility index (Phi) is 3.68. The quantitative estimate of drug-likeness (QED) is 0.904. The van der Waals surface area contributed by atoms with Crippen LogP contribution in [0.2, 0.25) is 0 Å². The van der Waals surface area contributed by atoms with Crippen LogP contribution in [0.25, 0.3) is 10.8 Å². The van der Waals surface area contributed by atoms with E-state index in [2.05, 4.69) is 41.0 Å². The van der Waals surface area contributed by atoms with E-state index in [1.165, 1.54) is 0 Å². The molecule has 0 unspecified atom stereocenters. The highest BCUT2D eigenvalue weighted by atomic mass is 32.1. The Morgan fingerprint density at radius 1 is 1.29 bits per heavy atom. The Morgan fingerprint density at radius 2 is 2.12 bits per heavy atom. The molecule has 0 aliphatic carbocycles. The topological polar surface area (TPSA) is 50.7 Å². The third-order valence-corrected chi connectivity index (χ3v) is 3.32. The number of aryl methyl sites for hydroxylation is 1. The average molecular weight is 248 g/mol. The molecule has 0 saturated heterocycles. The summed E-state index contributed by atoms with van der Waals surface area (Å²) in [5, 5.41) is 6.09. The molecular weight excluding hydrogens is 232 g/mol. The Balaban J connectivity index is 2.50. The third-order valence-electron chi connectivity index (χ3n) is 2.55. The maximum absolute atomic E-state index is 4.57. The standard InChI is InChI=1S/C12H16N4S/c1-4-9-8(3)10(13-5-2)16-11(15-9)12-14-6-7-17-12/h6-7H,4-5H2,1-3H3,(H,13,15,16). The normalized spacial score (nSPS) is 10.5. The van der Waals surface area contributed by atoms with Crippen molar-refractivity contribution in [1.29, 1.82) is 0 Å². The summed E-state index contributed by atoms with van der Waals surface area (Å²) in [6.45, 7) is 7.09. The minimum absolute atomic E-state index is 0.721. The molecule has 4 nitrogen and oxygen atoms in total. The van der Waals surface area contributed by atoms with Gasteiger partial charge in [-0.25, -0.2) is 15.0 Å². The molecule has 1 N–H and O–H groups in total. The van der Waals surface area contributed by atoms with Crippen LogP contribution in [0.4, 0.5) is 5.82 Å². The SMILES string of the molecule is CCNc1nc(-c2nccs2)nc(CC)c1C. The number of nitrogens with zero attached hydrogens (tertiary/aromatic N) is 3. The van der Waals surface area contributed by atoms with Crippen molar-refractivity contribution < 1.29 is 0 Å². The van der Waals surface area contributed by atoms with Crippen LogP contribution in [0.1, 0.15) is 25.1 Å². The van der Waals surface area contributed by atoms with Crippen molar-refractivity contribution in [2.75, 3.05) is 11.9 Å². The number of anilines is 1. The minimum Gasteiger partial charge on any atom is -0.370 e. The summed E-state index contributed by atoms with van der Waals surface area (Å²) in [6.07, 6.45) is 2.69. The maximum Gasteiger partial charge on any atom is 0.190 e. The molecule has 0 atom stereocenters. The lowest BCUT2D eigenvalue weighted by Gasteiger charge is -2.11. The molecule has 0 saturated carbocycles. The Hall–Kier alpha value is -1.49. The van der Waals surface area contributed by atoms with Crippen LogP contribution < -0.4 is 5.32 Å². The van der Waals surface area contributed by atoms with Gasteiger partial charge in [-0.1, -0.05) is 6.92 Å². The largest absolute Gasteiger partial charge is 0.370 e. The highest BCUT2D eigenvalue weighted by Crippen LogP contribution is 2.23. The molecule has 5 heteroatoms. The van der Waals surface area contributed by atoms with Gasteiger partial charge in [0, 0.05) is 29.4 Å². The smallest absolute Gasteiger partial charge is 0.190 e. The van der Waals surface area contributed by atoms with Gasteiger partial charge in [-0.3, -0.25) is 0 Å². The van der Waals surface area contributed by atoms with Gasteiger partial charge in [0.25, 0.3) is 0 Å². The fourth-order valence-corrected chi connectivity index (χ4v) is 2.25. The summed E-state index contributed by atoms with van der Waals surface area (Å²) in [6, 6.07) is 0. The van der Waals surface area contributed by atoms with Crippen molar-refractivity contribution in [3.63, 3.8) is 0 Å². The van der Waals surface area contributed by atoms with Crippen LogP contribution in [-0.2, 0) is 6.42 Å². The summed E-state index contributed by atoms with van der Waals surface area (Å²) in [7, 11) is 0. The second-order valence-electron chi connectivity index (χ2n) is 3.69. The van der Waals surface area contributed by atoms with Crippen LogP contribution in [-0.4, -0.2) is 21.5 Å². The van der Waals surface area contributed by atoms with Crippen LogP contribution >= 0.6 is 11.3 Å². The average Bonchev–Trinajstić information content (AvgIpc) is 2.85. The van der Waals surface area contributed by atoms with Crippen molar-refractivity contribution in [3.05, 3.63) is 22.8 Å². The van der Waals surface area contributed by atoms with Crippen molar-refractivity contribution in [1.82, 2.24) is 15.0 Å². The van der Waals surface area contributed by atoms with E-state index in [9.17, 15) is 0 Å². The lowest BCUT2D eigenvalue weighted by Crippen LogP contribution is -2.07. The zero-order valence-electron chi connectivity index (χ0n) is 10.3. The van der Waals surface area contributed by atoms with Crippen LogP contribution in [0.5, 0.6) is 0 Å². The fraction of sp³-hybridized carbons (Fsp3) is 0.417. The van der Waals surface area contributed by atoms with Gasteiger partial charge in [-0.2, -0.15) is 0 Å². The van der Waals surface area contributed by atoms with Gasteiger partial charge in [0.15, 0.2) is 10.8 Å².